The average molecular weight is 507 g/mol. The van der Waals surface area contributed by atoms with Crippen LogP contribution in [0.2, 0.25) is 0 Å². The summed E-state index contributed by atoms with van der Waals surface area (Å²) in [5.41, 5.74) is 2.26. The van der Waals surface area contributed by atoms with Crippen molar-refractivity contribution in [2.45, 2.75) is 33.2 Å². The lowest BCUT2D eigenvalue weighted by Gasteiger charge is -2.10. The smallest absolute Gasteiger partial charge is 0.214 e. The third-order valence-electron chi connectivity index (χ3n) is 3.53. The van der Waals surface area contributed by atoms with Crippen molar-refractivity contribution in [1.29, 1.82) is 0 Å². The number of guanidine groups is 1. The topological polar surface area (TPSA) is 62.5 Å². The minimum Gasteiger partial charge on any atom is -0.444 e. The van der Waals surface area contributed by atoms with Crippen LogP contribution >= 0.6 is 39.9 Å². The van der Waals surface area contributed by atoms with E-state index in [2.05, 4.69) is 54.7 Å². The molecule has 132 valence electrons. The molecule has 0 aliphatic rings. The molecule has 0 unspecified atom stereocenters. The fourth-order valence-electron chi connectivity index (χ4n) is 2.19. The predicted molar refractivity (Wildman–Crippen MR) is 112 cm³/mol. The van der Waals surface area contributed by atoms with Crippen molar-refractivity contribution in [3.8, 4) is 0 Å². The summed E-state index contributed by atoms with van der Waals surface area (Å²) < 4.78 is 6.67. The maximum absolute atomic E-state index is 5.54. The Kier molecular flexibility index (Phi) is 9.35. The lowest BCUT2D eigenvalue weighted by molar-refractivity contribution is 0.463. The van der Waals surface area contributed by atoms with Gasteiger partial charge in [-0.2, -0.15) is 0 Å². The average Bonchev–Trinajstić information content (AvgIpc) is 2.85. The Hall–Kier alpha value is -1.09. The highest BCUT2D eigenvalue weighted by atomic mass is 127. The van der Waals surface area contributed by atoms with E-state index in [1.807, 2.05) is 19.9 Å². The van der Waals surface area contributed by atoms with Gasteiger partial charge in [-0.25, -0.2) is 4.98 Å². The maximum atomic E-state index is 5.54. The molecule has 0 bridgehead atoms. The van der Waals surface area contributed by atoms with E-state index >= 15 is 0 Å². The number of aryl methyl sites for hydroxylation is 3. The molecule has 0 atom stereocenters. The van der Waals surface area contributed by atoms with Crippen LogP contribution < -0.4 is 10.6 Å². The van der Waals surface area contributed by atoms with E-state index in [1.54, 1.807) is 7.05 Å². The van der Waals surface area contributed by atoms with Crippen LogP contribution in [0.3, 0.4) is 0 Å². The molecule has 1 heterocycles. The first kappa shape index (κ1) is 21.0. The minimum atomic E-state index is 0. The second kappa shape index (κ2) is 10.7. The zero-order valence-corrected chi connectivity index (χ0v) is 18.1. The Bertz CT molecular complexity index is 653. The molecule has 24 heavy (non-hydrogen) atoms. The first-order valence-electron chi connectivity index (χ1n) is 7.70. The van der Waals surface area contributed by atoms with Crippen LogP contribution in [-0.2, 0) is 13.0 Å². The van der Waals surface area contributed by atoms with Crippen molar-refractivity contribution in [2.24, 2.45) is 4.99 Å². The number of halogens is 2. The number of aliphatic imine (C=N–C) groups is 1. The molecule has 5 nitrogen and oxygen atoms in total. The summed E-state index contributed by atoms with van der Waals surface area (Å²) in [7, 11) is 1.76. The Morgan fingerprint density at radius 2 is 2.08 bits per heavy atom. The molecule has 2 rings (SSSR count). The highest BCUT2D eigenvalue weighted by molar-refractivity contribution is 14.0. The standard InChI is InChI=1S/C17H23BrN4O.HI/c1-12-13(2)23-16(22-12)11-21-17(19-3)20-9-5-7-14-6-4-8-15(18)10-14;/h4,6,8,10H,5,7,9,11H2,1-3H3,(H2,19,20,21);1H. The molecule has 0 saturated carbocycles. The van der Waals surface area contributed by atoms with Crippen LogP contribution in [0.5, 0.6) is 0 Å². The summed E-state index contributed by atoms with van der Waals surface area (Å²) in [5, 5.41) is 6.51. The molecule has 0 saturated heterocycles. The van der Waals surface area contributed by atoms with E-state index < -0.39 is 0 Å². The molecule has 1 aromatic heterocycles. The van der Waals surface area contributed by atoms with Gasteiger partial charge in [0.25, 0.3) is 0 Å². The summed E-state index contributed by atoms with van der Waals surface area (Å²) >= 11 is 3.50. The Labute approximate surface area is 168 Å². The van der Waals surface area contributed by atoms with Crippen molar-refractivity contribution in [1.82, 2.24) is 15.6 Å². The van der Waals surface area contributed by atoms with Crippen LogP contribution in [0.15, 0.2) is 38.1 Å². The highest BCUT2D eigenvalue weighted by Gasteiger charge is 2.06. The highest BCUT2D eigenvalue weighted by Crippen LogP contribution is 2.12. The van der Waals surface area contributed by atoms with Gasteiger partial charge >= 0.3 is 0 Å². The van der Waals surface area contributed by atoms with Crippen LogP contribution in [0.1, 0.15) is 29.3 Å². The van der Waals surface area contributed by atoms with Crippen molar-refractivity contribution in [2.75, 3.05) is 13.6 Å². The van der Waals surface area contributed by atoms with Gasteiger partial charge in [0.05, 0.1) is 12.2 Å². The summed E-state index contributed by atoms with van der Waals surface area (Å²) in [5.74, 6) is 2.30. The fraction of sp³-hybridized carbons (Fsp3) is 0.412. The second-order valence-electron chi connectivity index (χ2n) is 5.34. The van der Waals surface area contributed by atoms with Gasteiger partial charge in [0.1, 0.15) is 5.76 Å². The Morgan fingerprint density at radius 1 is 1.29 bits per heavy atom. The summed E-state index contributed by atoms with van der Waals surface area (Å²) in [6.07, 6.45) is 2.07. The molecule has 0 amide bonds. The minimum absolute atomic E-state index is 0. The fourth-order valence-corrected chi connectivity index (χ4v) is 2.63. The largest absolute Gasteiger partial charge is 0.444 e. The number of benzene rings is 1. The first-order chi connectivity index (χ1) is 11.1. The van der Waals surface area contributed by atoms with Crippen LogP contribution in [0.25, 0.3) is 0 Å². The Morgan fingerprint density at radius 3 is 2.71 bits per heavy atom. The van der Waals surface area contributed by atoms with Crippen LogP contribution in [0.4, 0.5) is 0 Å². The van der Waals surface area contributed by atoms with Gasteiger partial charge in [-0.05, 0) is 44.4 Å². The SMILES string of the molecule is CN=C(NCCCc1cccc(Br)c1)NCc1nc(C)c(C)o1.I. The van der Waals surface area contributed by atoms with E-state index in [1.165, 1.54) is 5.56 Å². The number of oxazole rings is 1. The quantitative estimate of drug-likeness (QED) is 0.269. The molecule has 2 N–H and O–H groups in total. The zero-order chi connectivity index (χ0) is 16.7. The molecule has 2 aromatic rings. The maximum Gasteiger partial charge on any atom is 0.214 e. The van der Waals surface area contributed by atoms with Gasteiger partial charge in [-0.1, -0.05) is 28.1 Å². The molecular weight excluding hydrogens is 483 g/mol. The van der Waals surface area contributed by atoms with Gasteiger partial charge in [0.15, 0.2) is 5.96 Å². The summed E-state index contributed by atoms with van der Waals surface area (Å²) in [6.45, 7) is 5.24. The Balaban J connectivity index is 0.00000288. The molecule has 0 spiro atoms. The first-order valence-corrected chi connectivity index (χ1v) is 8.49. The normalized spacial score (nSPS) is 11.1. The molecule has 0 aliphatic carbocycles. The van der Waals surface area contributed by atoms with Gasteiger partial charge in [-0.15, -0.1) is 24.0 Å². The van der Waals surface area contributed by atoms with Gasteiger partial charge in [0, 0.05) is 18.1 Å². The monoisotopic (exact) mass is 506 g/mol. The zero-order valence-electron chi connectivity index (χ0n) is 14.2. The van der Waals surface area contributed by atoms with Crippen molar-refractivity contribution in [3.63, 3.8) is 0 Å². The van der Waals surface area contributed by atoms with E-state index in [0.717, 1.165) is 41.3 Å². The van der Waals surface area contributed by atoms with E-state index in [0.29, 0.717) is 12.4 Å². The van der Waals surface area contributed by atoms with Crippen molar-refractivity contribution < 1.29 is 4.42 Å². The number of aromatic nitrogens is 1. The number of rotatable bonds is 6. The van der Waals surface area contributed by atoms with Crippen LogP contribution in [-0.4, -0.2) is 24.5 Å². The number of hydrogen-bond acceptors (Lipinski definition) is 3. The lowest BCUT2D eigenvalue weighted by Crippen LogP contribution is -2.37. The number of nitrogens with one attached hydrogen (secondary N) is 2. The van der Waals surface area contributed by atoms with E-state index in [4.69, 9.17) is 4.42 Å². The molecular formula is C17H24BrIN4O. The van der Waals surface area contributed by atoms with E-state index in [-0.39, 0.29) is 24.0 Å². The molecule has 0 aliphatic heterocycles. The number of hydrogen-bond donors (Lipinski definition) is 2. The third kappa shape index (κ3) is 6.80. The van der Waals surface area contributed by atoms with Gasteiger partial charge in [0.2, 0.25) is 5.89 Å². The molecule has 7 heteroatoms. The third-order valence-corrected chi connectivity index (χ3v) is 4.02. The molecule has 0 fully saturated rings. The summed E-state index contributed by atoms with van der Waals surface area (Å²) in [4.78, 5) is 8.55. The molecule has 1 aromatic carbocycles. The van der Waals surface area contributed by atoms with Crippen molar-refractivity contribution >= 4 is 45.9 Å². The second-order valence-corrected chi connectivity index (χ2v) is 6.25. The lowest BCUT2D eigenvalue weighted by atomic mass is 10.1. The van der Waals surface area contributed by atoms with E-state index in [9.17, 15) is 0 Å². The predicted octanol–water partition coefficient (Wildman–Crippen LogP) is 3.97. The van der Waals surface area contributed by atoms with Gasteiger partial charge < -0.3 is 15.1 Å². The van der Waals surface area contributed by atoms with Crippen LogP contribution in [0, 0.1) is 13.8 Å². The summed E-state index contributed by atoms with van der Waals surface area (Å²) in [6, 6.07) is 8.40. The molecule has 0 radical (unpaired) electrons. The number of nitrogens with zero attached hydrogens (tertiary/aromatic N) is 2. The van der Waals surface area contributed by atoms with Gasteiger partial charge in [-0.3, -0.25) is 4.99 Å². The van der Waals surface area contributed by atoms with Crippen molar-refractivity contribution in [3.05, 3.63) is 51.6 Å².